The van der Waals surface area contributed by atoms with Crippen LogP contribution in [0.4, 0.5) is 5.82 Å². The fourth-order valence-electron chi connectivity index (χ4n) is 4.52. The number of hydrogen-bond acceptors (Lipinski definition) is 5. The molecule has 0 spiro atoms. The van der Waals surface area contributed by atoms with Crippen LogP contribution in [-0.4, -0.2) is 17.6 Å². The minimum absolute atomic E-state index is 0.0597. The van der Waals surface area contributed by atoms with Gasteiger partial charge in [-0.2, -0.15) is 0 Å². The molecule has 1 aliphatic rings. The largest absolute Gasteiger partial charge is 0.485 e. The number of rotatable bonds is 6. The number of anilines is 1. The molecule has 0 unspecified atom stereocenters. The molecule has 3 aromatic carbocycles. The number of nitrogens with zero attached hydrogens (tertiary/aromatic N) is 1. The van der Waals surface area contributed by atoms with Crippen LogP contribution < -0.4 is 10.5 Å². The van der Waals surface area contributed by atoms with E-state index in [2.05, 4.69) is 41.4 Å². The first kappa shape index (κ1) is 21.0. The second kappa shape index (κ2) is 8.94. The molecule has 4 aromatic rings. The highest BCUT2D eigenvalue weighted by Gasteiger charge is 2.25. The SMILES string of the molecule is CCOC(=O)Cc1ccccc1O[C@H]1CCc2ccc(-c3ccc4ccnc(N)c4c3)cc21. The second-order valence-corrected chi connectivity index (χ2v) is 8.28. The van der Waals surface area contributed by atoms with Gasteiger partial charge in [-0.05, 0) is 71.7 Å². The zero-order chi connectivity index (χ0) is 22.8. The number of fused-ring (bicyclic) bond motifs is 2. The average molecular weight is 439 g/mol. The van der Waals surface area contributed by atoms with E-state index in [1.54, 1.807) is 6.20 Å². The Morgan fingerprint density at radius 1 is 1.06 bits per heavy atom. The van der Waals surface area contributed by atoms with Gasteiger partial charge in [-0.15, -0.1) is 0 Å². The van der Waals surface area contributed by atoms with E-state index < -0.39 is 0 Å². The Bertz CT molecular complexity index is 1330. The van der Waals surface area contributed by atoms with Crippen LogP contribution in [0.1, 0.15) is 36.1 Å². The summed E-state index contributed by atoms with van der Waals surface area (Å²) in [5, 5.41) is 2.03. The summed E-state index contributed by atoms with van der Waals surface area (Å²) in [4.78, 5) is 16.3. The molecule has 5 nitrogen and oxygen atoms in total. The number of benzene rings is 3. The quantitative estimate of drug-likeness (QED) is 0.394. The number of aryl methyl sites for hydroxylation is 1. The summed E-state index contributed by atoms with van der Waals surface area (Å²) in [6.45, 7) is 2.19. The Kier molecular flexibility index (Phi) is 5.69. The highest BCUT2D eigenvalue weighted by Crippen LogP contribution is 2.39. The highest BCUT2D eigenvalue weighted by atomic mass is 16.5. The summed E-state index contributed by atoms with van der Waals surface area (Å²) in [7, 11) is 0. The number of para-hydroxylation sites is 1. The Hall–Kier alpha value is -3.86. The topological polar surface area (TPSA) is 74.4 Å². The first-order valence-electron chi connectivity index (χ1n) is 11.3. The maximum atomic E-state index is 12.0. The molecular formula is C28H26N2O3. The van der Waals surface area contributed by atoms with Crippen molar-refractivity contribution in [3.05, 3.63) is 89.6 Å². The zero-order valence-electron chi connectivity index (χ0n) is 18.6. The highest BCUT2D eigenvalue weighted by molar-refractivity contribution is 5.94. The van der Waals surface area contributed by atoms with E-state index in [-0.39, 0.29) is 18.5 Å². The van der Waals surface area contributed by atoms with Crippen LogP contribution in [0.25, 0.3) is 21.9 Å². The summed E-state index contributed by atoms with van der Waals surface area (Å²) in [5.41, 5.74) is 11.7. The monoisotopic (exact) mass is 438 g/mol. The molecular weight excluding hydrogens is 412 g/mol. The molecule has 0 saturated carbocycles. The van der Waals surface area contributed by atoms with E-state index in [4.69, 9.17) is 15.2 Å². The lowest BCUT2D eigenvalue weighted by Gasteiger charge is -2.18. The normalized spacial score (nSPS) is 14.8. The van der Waals surface area contributed by atoms with Gasteiger partial charge in [0.15, 0.2) is 0 Å². The zero-order valence-corrected chi connectivity index (χ0v) is 18.6. The molecule has 2 N–H and O–H groups in total. The lowest BCUT2D eigenvalue weighted by Crippen LogP contribution is -2.10. The van der Waals surface area contributed by atoms with Crippen molar-refractivity contribution in [3.63, 3.8) is 0 Å². The van der Waals surface area contributed by atoms with Crippen molar-refractivity contribution in [1.29, 1.82) is 0 Å². The predicted molar refractivity (Wildman–Crippen MR) is 130 cm³/mol. The van der Waals surface area contributed by atoms with Crippen LogP contribution in [0.2, 0.25) is 0 Å². The van der Waals surface area contributed by atoms with Crippen LogP contribution in [0, 0.1) is 0 Å². The van der Waals surface area contributed by atoms with Crippen molar-refractivity contribution in [3.8, 4) is 16.9 Å². The van der Waals surface area contributed by atoms with Gasteiger partial charge >= 0.3 is 5.97 Å². The molecule has 166 valence electrons. The van der Waals surface area contributed by atoms with Gasteiger partial charge < -0.3 is 15.2 Å². The predicted octanol–water partition coefficient (Wildman–Crippen LogP) is 5.66. The fourth-order valence-corrected chi connectivity index (χ4v) is 4.52. The molecule has 0 radical (unpaired) electrons. The smallest absolute Gasteiger partial charge is 0.310 e. The number of carbonyl (C=O) groups is 1. The standard InChI is InChI=1S/C28H26N2O3/c1-2-32-27(31)17-22-5-3-4-6-25(22)33-26-12-11-18-7-9-20(15-23(18)26)21-10-8-19-13-14-30-28(29)24(19)16-21/h3-10,13-16,26H,2,11-12,17H2,1H3,(H2,29,30)/t26-/m0/s1. The molecule has 5 rings (SSSR count). The van der Waals surface area contributed by atoms with Crippen molar-refractivity contribution >= 4 is 22.6 Å². The van der Waals surface area contributed by atoms with Crippen LogP contribution in [0.3, 0.4) is 0 Å². The fraction of sp³-hybridized carbons (Fsp3) is 0.214. The third-order valence-corrected chi connectivity index (χ3v) is 6.18. The minimum atomic E-state index is -0.243. The summed E-state index contributed by atoms with van der Waals surface area (Å²) < 4.78 is 11.6. The number of ether oxygens (including phenoxy) is 2. The minimum Gasteiger partial charge on any atom is -0.485 e. The molecule has 0 bridgehead atoms. The molecule has 0 fully saturated rings. The number of aromatic nitrogens is 1. The van der Waals surface area contributed by atoms with Crippen LogP contribution in [0.15, 0.2) is 72.9 Å². The molecule has 0 aliphatic heterocycles. The summed E-state index contributed by atoms with van der Waals surface area (Å²) in [5.74, 6) is 1.03. The maximum absolute atomic E-state index is 12.0. The molecule has 0 amide bonds. The summed E-state index contributed by atoms with van der Waals surface area (Å²) in [6.07, 6.45) is 3.75. The Morgan fingerprint density at radius 2 is 1.88 bits per heavy atom. The molecule has 1 heterocycles. The van der Waals surface area contributed by atoms with E-state index in [0.29, 0.717) is 12.4 Å². The van der Waals surface area contributed by atoms with Crippen LogP contribution >= 0.6 is 0 Å². The molecule has 1 aromatic heterocycles. The first-order valence-corrected chi connectivity index (χ1v) is 11.3. The summed E-state index contributed by atoms with van der Waals surface area (Å²) >= 11 is 0. The van der Waals surface area contributed by atoms with Crippen molar-refractivity contribution in [1.82, 2.24) is 4.98 Å². The van der Waals surface area contributed by atoms with Gasteiger partial charge in [-0.25, -0.2) is 4.98 Å². The van der Waals surface area contributed by atoms with E-state index in [9.17, 15) is 4.79 Å². The van der Waals surface area contributed by atoms with Crippen molar-refractivity contribution in [2.24, 2.45) is 0 Å². The van der Waals surface area contributed by atoms with Gasteiger partial charge in [0.2, 0.25) is 0 Å². The van der Waals surface area contributed by atoms with Crippen LogP contribution in [0.5, 0.6) is 5.75 Å². The van der Waals surface area contributed by atoms with Gasteiger partial charge in [-0.1, -0.05) is 42.5 Å². The lowest BCUT2D eigenvalue weighted by atomic mass is 9.98. The first-order chi connectivity index (χ1) is 16.1. The molecule has 1 atom stereocenters. The van der Waals surface area contributed by atoms with Crippen molar-refractivity contribution in [2.75, 3.05) is 12.3 Å². The average Bonchev–Trinajstić information content (AvgIpc) is 3.22. The Morgan fingerprint density at radius 3 is 2.76 bits per heavy atom. The van der Waals surface area contributed by atoms with E-state index in [1.807, 2.05) is 37.3 Å². The van der Waals surface area contributed by atoms with E-state index in [0.717, 1.165) is 46.1 Å². The molecule has 5 heteroatoms. The number of hydrogen-bond donors (Lipinski definition) is 1. The Labute approximate surface area is 193 Å². The number of nitrogen functional groups attached to an aromatic ring is 1. The van der Waals surface area contributed by atoms with Gasteiger partial charge in [0.05, 0.1) is 13.0 Å². The van der Waals surface area contributed by atoms with Crippen molar-refractivity contribution < 1.29 is 14.3 Å². The third-order valence-electron chi connectivity index (χ3n) is 6.18. The van der Waals surface area contributed by atoms with Crippen molar-refractivity contribution in [2.45, 2.75) is 32.3 Å². The van der Waals surface area contributed by atoms with E-state index >= 15 is 0 Å². The number of esters is 1. The number of carbonyl (C=O) groups excluding carboxylic acids is 1. The molecule has 33 heavy (non-hydrogen) atoms. The summed E-state index contributed by atoms with van der Waals surface area (Å²) in [6, 6.07) is 22.5. The Balaban J connectivity index is 1.44. The number of pyridine rings is 1. The third kappa shape index (κ3) is 4.27. The van der Waals surface area contributed by atoms with Gasteiger partial charge in [0.25, 0.3) is 0 Å². The van der Waals surface area contributed by atoms with Gasteiger partial charge in [-0.3, -0.25) is 4.79 Å². The number of nitrogens with two attached hydrogens (primary N) is 1. The molecule has 1 aliphatic carbocycles. The van der Waals surface area contributed by atoms with Gasteiger partial charge in [0.1, 0.15) is 17.7 Å². The van der Waals surface area contributed by atoms with Crippen LogP contribution in [-0.2, 0) is 22.4 Å². The maximum Gasteiger partial charge on any atom is 0.310 e. The van der Waals surface area contributed by atoms with E-state index in [1.165, 1.54) is 11.1 Å². The lowest BCUT2D eigenvalue weighted by molar-refractivity contribution is -0.142. The molecule has 0 saturated heterocycles. The second-order valence-electron chi connectivity index (χ2n) is 8.28. The van der Waals surface area contributed by atoms with Gasteiger partial charge in [0, 0.05) is 17.1 Å².